The van der Waals surface area contributed by atoms with Gasteiger partial charge in [0.05, 0.1) is 11.1 Å². The molecule has 0 amide bonds. The standard InChI is InChI=1S/C14H24ClN5O/c1-13(2,14(3,4)21)19-11-16-10(15)17-12(18-11)20-8-6-5-7-9-20/h21H,5-9H2,1-4H3,(H,16,17,18,19). The van der Waals surface area contributed by atoms with Crippen LogP contribution >= 0.6 is 11.6 Å². The van der Waals surface area contributed by atoms with Crippen molar-refractivity contribution >= 4 is 23.5 Å². The highest BCUT2D eigenvalue weighted by Crippen LogP contribution is 2.26. The van der Waals surface area contributed by atoms with Crippen LogP contribution in [0.5, 0.6) is 0 Å². The smallest absolute Gasteiger partial charge is 0.231 e. The largest absolute Gasteiger partial charge is 0.388 e. The zero-order chi connectivity index (χ0) is 15.7. The highest BCUT2D eigenvalue weighted by atomic mass is 35.5. The average Bonchev–Trinajstić information content (AvgIpc) is 2.37. The summed E-state index contributed by atoms with van der Waals surface area (Å²) in [5.41, 5.74) is -1.53. The second kappa shape index (κ2) is 5.93. The molecule has 1 fully saturated rings. The van der Waals surface area contributed by atoms with E-state index in [0.717, 1.165) is 25.9 Å². The maximum atomic E-state index is 10.2. The van der Waals surface area contributed by atoms with Gasteiger partial charge in [-0.2, -0.15) is 15.0 Å². The van der Waals surface area contributed by atoms with Gasteiger partial charge in [0.15, 0.2) is 0 Å². The maximum absolute atomic E-state index is 10.2. The lowest BCUT2D eigenvalue weighted by molar-refractivity contribution is 0.0237. The van der Waals surface area contributed by atoms with Crippen molar-refractivity contribution in [2.75, 3.05) is 23.3 Å². The molecule has 21 heavy (non-hydrogen) atoms. The molecule has 0 unspecified atom stereocenters. The molecule has 0 atom stereocenters. The Morgan fingerprint density at radius 3 is 2.24 bits per heavy atom. The molecular formula is C14H24ClN5O. The molecule has 1 aromatic heterocycles. The maximum Gasteiger partial charge on any atom is 0.231 e. The molecule has 0 bridgehead atoms. The van der Waals surface area contributed by atoms with Crippen molar-refractivity contribution in [2.24, 2.45) is 0 Å². The van der Waals surface area contributed by atoms with Gasteiger partial charge >= 0.3 is 0 Å². The molecule has 2 heterocycles. The lowest BCUT2D eigenvalue weighted by atomic mass is 9.86. The minimum Gasteiger partial charge on any atom is -0.388 e. The van der Waals surface area contributed by atoms with E-state index in [1.807, 2.05) is 13.8 Å². The molecule has 1 saturated heterocycles. The summed E-state index contributed by atoms with van der Waals surface area (Å²) in [7, 11) is 0. The van der Waals surface area contributed by atoms with Gasteiger partial charge in [0.1, 0.15) is 0 Å². The number of hydrogen-bond acceptors (Lipinski definition) is 6. The predicted octanol–water partition coefficient (Wildman–Crippen LogP) is 2.48. The summed E-state index contributed by atoms with van der Waals surface area (Å²) in [5.74, 6) is 0.992. The fourth-order valence-electron chi connectivity index (χ4n) is 2.06. The van der Waals surface area contributed by atoms with Crippen molar-refractivity contribution in [1.29, 1.82) is 0 Å². The Hall–Kier alpha value is -1.14. The van der Waals surface area contributed by atoms with E-state index in [1.165, 1.54) is 6.42 Å². The number of nitrogens with zero attached hydrogens (tertiary/aromatic N) is 4. The van der Waals surface area contributed by atoms with E-state index in [0.29, 0.717) is 11.9 Å². The SMILES string of the molecule is CC(C)(O)C(C)(C)Nc1nc(Cl)nc(N2CCCCC2)n1. The Morgan fingerprint density at radius 1 is 1.05 bits per heavy atom. The van der Waals surface area contributed by atoms with Crippen LogP contribution in [0.1, 0.15) is 47.0 Å². The molecule has 2 rings (SSSR count). The lowest BCUT2D eigenvalue weighted by Gasteiger charge is -2.38. The van der Waals surface area contributed by atoms with Crippen molar-refractivity contribution in [3.05, 3.63) is 5.28 Å². The molecule has 1 aliphatic rings. The van der Waals surface area contributed by atoms with E-state index in [9.17, 15) is 5.11 Å². The van der Waals surface area contributed by atoms with Gasteiger partial charge in [0.25, 0.3) is 0 Å². The highest BCUT2D eigenvalue weighted by Gasteiger charge is 2.35. The predicted molar refractivity (Wildman–Crippen MR) is 84.9 cm³/mol. The number of anilines is 2. The molecule has 0 radical (unpaired) electrons. The summed E-state index contributed by atoms with van der Waals surface area (Å²) in [6.45, 7) is 9.16. The highest BCUT2D eigenvalue weighted by molar-refractivity contribution is 6.28. The fourth-order valence-corrected chi connectivity index (χ4v) is 2.22. The van der Waals surface area contributed by atoms with Crippen molar-refractivity contribution in [3.63, 3.8) is 0 Å². The summed E-state index contributed by atoms with van der Waals surface area (Å²) in [6, 6.07) is 0. The Balaban J connectivity index is 2.22. The molecule has 0 aromatic carbocycles. The van der Waals surface area contributed by atoms with Gasteiger partial charge in [-0.05, 0) is 58.6 Å². The molecule has 118 valence electrons. The second-order valence-corrected chi connectivity index (χ2v) is 6.92. The molecule has 6 nitrogen and oxygen atoms in total. The van der Waals surface area contributed by atoms with Crippen LogP contribution in [0, 0.1) is 0 Å². The number of piperidine rings is 1. The van der Waals surface area contributed by atoms with Crippen molar-refractivity contribution < 1.29 is 5.11 Å². The van der Waals surface area contributed by atoms with Crippen molar-refractivity contribution in [3.8, 4) is 0 Å². The summed E-state index contributed by atoms with van der Waals surface area (Å²) in [5, 5.41) is 13.5. The van der Waals surface area contributed by atoms with Gasteiger partial charge in [-0.25, -0.2) is 0 Å². The number of hydrogen-bond donors (Lipinski definition) is 2. The Labute approximate surface area is 131 Å². The van der Waals surface area contributed by atoms with Gasteiger partial charge in [0.2, 0.25) is 17.2 Å². The lowest BCUT2D eigenvalue weighted by Crippen LogP contribution is -2.51. The van der Waals surface area contributed by atoms with E-state index in [2.05, 4.69) is 25.2 Å². The molecule has 1 aliphatic heterocycles. The Bertz CT molecular complexity index is 495. The van der Waals surface area contributed by atoms with Crippen LogP contribution in [0.4, 0.5) is 11.9 Å². The first-order valence-corrected chi connectivity index (χ1v) is 7.74. The van der Waals surface area contributed by atoms with E-state index in [-0.39, 0.29) is 5.28 Å². The molecule has 2 N–H and O–H groups in total. The molecule has 0 aliphatic carbocycles. The van der Waals surface area contributed by atoms with Gasteiger partial charge in [-0.15, -0.1) is 0 Å². The van der Waals surface area contributed by atoms with Gasteiger partial charge < -0.3 is 15.3 Å². The normalized spacial score (nSPS) is 17.0. The zero-order valence-electron chi connectivity index (χ0n) is 13.1. The molecule has 1 aromatic rings. The summed E-state index contributed by atoms with van der Waals surface area (Å²) < 4.78 is 0. The van der Waals surface area contributed by atoms with Crippen LogP contribution in [0.15, 0.2) is 0 Å². The van der Waals surface area contributed by atoms with Crippen LogP contribution in [0.25, 0.3) is 0 Å². The van der Waals surface area contributed by atoms with E-state index in [4.69, 9.17) is 11.6 Å². The Morgan fingerprint density at radius 2 is 1.67 bits per heavy atom. The van der Waals surface area contributed by atoms with Crippen molar-refractivity contribution in [1.82, 2.24) is 15.0 Å². The number of halogens is 1. The third kappa shape index (κ3) is 3.95. The average molecular weight is 314 g/mol. The first-order valence-electron chi connectivity index (χ1n) is 7.36. The van der Waals surface area contributed by atoms with E-state index >= 15 is 0 Å². The molecule has 0 spiro atoms. The van der Waals surface area contributed by atoms with Gasteiger partial charge in [-0.3, -0.25) is 0 Å². The van der Waals surface area contributed by atoms with Crippen LogP contribution in [0.2, 0.25) is 5.28 Å². The third-order valence-electron chi connectivity index (χ3n) is 4.19. The van der Waals surface area contributed by atoms with Gasteiger partial charge in [0, 0.05) is 13.1 Å². The third-order valence-corrected chi connectivity index (χ3v) is 4.36. The number of rotatable bonds is 4. The van der Waals surface area contributed by atoms with Crippen molar-refractivity contribution in [2.45, 2.75) is 58.1 Å². The number of aliphatic hydroxyl groups is 1. The van der Waals surface area contributed by atoms with Crippen LogP contribution in [-0.4, -0.2) is 44.3 Å². The van der Waals surface area contributed by atoms with Gasteiger partial charge in [-0.1, -0.05) is 0 Å². The topological polar surface area (TPSA) is 74.2 Å². The van der Waals surface area contributed by atoms with Crippen LogP contribution < -0.4 is 10.2 Å². The number of nitrogens with one attached hydrogen (secondary N) is 1. The first kappa shape index (κ1) is 16.2. The van der Waals surface area contributed by atoms with Crippen LogP contribution in [-0.2, 0) is 0 Å². The summed E-state index contributed by atoms with van der Waals surface area (Å²) >= 11 is 6.02. The minimum absolute atomic E-state index is 0.166. The fraction of sp³-hybridized carbons (Fsp3) is 0.786. The quantitative estimate of drug-likeness (QED) is 0.889. The summed E-state index contributed by atoms with van der Waals surface area (Å²) in [6.07, 6.45) is 3.52. The second-order valence-electron chi connectivity index (χ2n) is 6.58. The zero-order valence-corrected chi connectivity index (χ0v) is 13.9. The monoisotopic (exact) mass is 313 g/mol. The Kier molecular flexibility index (Phi) is 4.58. The van der Waals surface area contributed by atoms with E-state index in [1.54, 1.807) is 13.8 Å². The summed E-state index contributed by atoms with van der Waals surface area (Å²) in [4.78, 5) is 14.9. The number of aromatic nitrogens is 3. The first-order chi connectivity index (χ1) is 9.69. The minimum atomic E-state index is -0.933. The van der Waals surface area contributed by atoms with E-state index < -0.39 is 11.1 Å². The van der Waals surface area contributed by atoms with Crippen LogP contribution in [0.3, 0.4) is 0 Å². The molecule has 0 saturated carbocycles. The molecule has 7 heteroatoms. The molecular weight excluding hydrogens is 290 g/mol.